The molecule has 0 saturated carbocycles. The van der Waals surface area contributed by atoms with Gasteiger partial charge in [-0.2, -0.15) is 0 Å². The molecule has 0 radical (unpaired) electrons. The molecule has 0 spiro atoms. The molecule has 6 rings (SSSR count). The van der Waals surface area contributed by atoms with Crippen LogP contribution in [0.3, 0.4) is 0 Å². The molecule has 1 N–H and O–H groups in total. The molecule has 33 heavy (non-hydrogen) atoms. The Morgan fingerprint density at radius 1 is 0.909 bits per heavy atom. The number of aromatic amines is 1. The number of hydrogen-bond donors (Lipinski definition) is 1. The molecule has 3 nitrogen and oxygen atoms in total. The minimum Gasteiger partial charge on any atom is -0.354 e. The molecule has 0 aliphatic carbocycles. The first-order valence-electron chi connectivity index (χ1n) is 10.6. The number of benzene rings is 3. The van der Waals surface area contributed by atoms with Gasteiger partial charge in [-0.3, -0.25) is 4.79 Å². The van der Waals surface area contributed by atoms with E-state index in [2.05, 4.69) is 29.2 Å². The van der Waals surface area contributed by atoms with Crippen molar-refractivity contribution in [3.63, 3.8) is 0 Å². The zero-order valence-electron chi connectivity index (χ0n) is 17.4. The number of fused-ring (bicyclic) bond motifs is 2. The molecule has 0 bridgehead atoms. The molecule has 0 unspecified atom stereocenters. The summed E-state index contributed by atoms with van der Waals surface area (Å²) in [5, 5.41) is 4.27. The van der Waals surface area contributed by atoms with Crippen LogP contribution in [0.1, 0.15) is 32.4 Å². The molecular formula is C27H18Cl2N2OS. The Morgan fingerprint density at radius 3 is 2.55 bits per heavy atom. The Kier molecular flexibility index (Phi) is 5.02. The number of carbonyl (C=O) groups is 1. The fourth-order valence-corrected chi connectivity index (χ4v) is 5.97. The lowest BCUT2D eigenvalue weighted by Gasteiger charge is -2.26. The molecule has 1 aliphatic heterocycles. The van der Waals surface area contributed by atoms with Crippen molar-refractivity contribution in [1.29, 1.82) is 0 Å². The van der Waals surface area contributed by atoms with Crippen LogP contribution in [0.2, 0.25) is 10.0 Å². The summed E-state index contributed by atoms with van der Waals surface area (Å²) in [5.41, 5.74) is 5.57. The summed E-state index contributed by atoms with van der Waals surface area (Å²) >= 11 is 14.5. The van der Waals surface area contributed by atoms with Gasteiger partial charge in [0.1, 0.15) is 0 Å². The fraction of sp³-hybridized carbons (Fsp3) is 0.0741. The van der Waals surface area contributed by atoms with Crippen molar-refractivity contribution >= 4 is 51.3 Å². The summed E-state index contributed by atoms with van der Waals surface area (Å²) in [6.07, 6.45) is 0. The normalized spacial score (nSPS) is 15.4. The summed E-state index contributed by atoms with van der Waals surface area (Å²) in [4.78, 5) is 20.3. The van der Waals surface area contributed by atoms with E-state index in [4.69, 9.17) is 23.2 Å². The summed E-state index contributed by atoms with van der Waals surface area (Å²) in [7, 11) is 0. The molecule has 6 heteroatoms. The van der Waals surface area contributed by atoms with Gasteiger partial charge in [-0.25, -0.2) is 0 Å². The number of amides is 1. The van der Waals surface area contributed by atoms with Gasteiger partial charge >= 0.3 is 0 Å². The molecule has 1 aliphatic rings. The van der Waals surface area contributed by atoms with Gasteiger partial charge in [0.15, 0.2) is 0 Å². The van der Waals surface area contributed by atoms with Crippen molar-refractivity contribution in [2.75, 3.05) is 0 Å². The largest absolute Gasteiger partial charge is 0.354 e. The fourth-order valence-electron chi connectivity index (χ4n) is 4.77. The number of carbonyl (C=O) groups excluding carboxylic acids is 1. The second-order valence-corrected chi connectivity index (χ2v) is 9.96. The smallest absolute Gasteiger partial charge is 0.255 e. The lowest BCUT2D eigenvalue weighted by Crippen LogP contribution is -2.28. The third-order valence-corrected chi connectivity index (χ3v) is 7.59. The first-order valence-corrected chi connectivity index (χ1v) is 12.2. The lowest BCUT2D eigenvalue weighted by molar-refractivity contribution is 0.0739. The first-order chi connectivity index (χ1) is 16.1. The Hall–Kier alpha value is -3.05. The van der Waals surface area contributed by atoms with Crippen molar-refractivity contribution in [3.8, 4) is 11.3 Å². The summed E-state index contributed by atoms with van der Waals surface area (Å²) < 4.78 is 0. The molecule has 0 saturated heterocycles. The number of nitrogens with one attached hydrogen (secondary N) is 1. The second-order valence-electron chi connectivity index (χ2n) is 8.09. The van der Waals surface area contributed by atoms with Crippen molar-refractivity contribution in [2.24, 2.45) is 0 Å². The zero-order chi connectivity index (χ0) is 22.5. The van der Waals surface area contributed by atoms with Gasteiger partial charge in [0, 0.05) is 37.5 Å². The van der Waals surface area contributed by atoms with Crippen LogP contribution in [0, 0.1) is 0 Å². The maximum Gasteiger partial charge on any atom is 0.255 e. The predicted octanol–water partition coefficient (Wildman–Crippen LogP) is 7.95. The van der Waals surface area contributed by atoms with E-state index in [1.54, 1.807) is 17.4 Å². The van der Waals surface area contributed by atoms with Crippen LogP contribution in [-0.4, -0.2) is 15.8 Å². The van der Waals surface area contributed by atoms with Crippen molar-refractivity contribution < 1.29 is 4.79 Å². The van der Waals surface area contributed by atoms with E-state index in [9.17, 15) is 4.79 Å². The molecule has 0 fully saturated rings. The van der Waals surface area contributed by atoms with Gasteiger partial charge in [0.2, 0.25) is 0 Å². The SMILES string of the molecule is O=C1c2ccccc2[C@@H](c2c(-c3ccc(Cl)cc3Cl)[nH]c3ccccc23)N1Cc1cccs1. The maximum atomic E-state index is 13.6. The van der Waals surface area contributed by atoms with Gasteiger partial charge in [0.05, 0.1) is 23.3 Å². The minimum absolute atomic E-state index is 0.0439. The van der Waals surface area contributed by atoms with E-state index in [0.29, 0.717) is 16.6 Å². The van der Waals surface area contributed by atoms with E-state index in [1.807, 2.05) is 58.8 Å². The van der Waals surface area contributed by atoms with E-state index < -0.39 is 0 Å². The lowest BCUT2D eigenvalue weighted by atomic mass is 9.93. The maximum absolute atomic E-state index is 13.6. The number of para-hydroxylation sites is 1. The quantitative estimate of drug-likeness (QED) is 0.273. The molecule has 5 aromatic rings. The number of hydrogen-bond acceptors (Lipinski definition) is 2. The third kappa shape index (κ3) is 3.37. The molecule has 3 heterocycles. The summed E-state index contributed by atoms with van der Waals surface area (Å²) in [6, 6.07) is 25.5. The van der Waals surface area contributed by atoms with Gasteiger partial charge in [0.25, 0.3) is 5.91 Å². The highest BCUT2D eigenvalue weighted by atomic mass is 35.5. The molecular weight excluding hydrogens is 471 g/mol. The Labute approximate surface area is 205 Å². The molecule has 162 valence electrons. The number of aromatic nitrogens is 1. The van der Waals surface area contributed by atoms with E-state index in [0.717, 1.165) is 43.7 Å². The van der Waals surface area contributed by atoms with Gasteiger partial charge < -0.3 is 9.88 Å². The molecule has 1 amide bonds. The average Bonchev–Trinajstić information content (AvgIpc) is 3.52. The number of nitrogens with zero attached hydrogens (tertiary/aromatic N) is 1. The number of thiophene rings is 1. The highest BCUT2D eigenvalue weighted by Crippen LogP contribution is 2.47. The van der Waals surface area contributed by atoms with E-state index >= 15 is 0 Å². The topological polar surface area (TPSA) is 36.1 Å². The highest BCUT2D eigenvalue weighted by molar-refractivity contribution is 7.09. The van der Waals surface area contributed by atoms with Crippen molar-refractivity contribution in [2.45, 2.75) is 12.6 Å². The number of H-pyrrole nitrogens is 1. The van der Waals surface area contributed by atoms with Crippen molar-refractivity contribution in [1.82, 2.24) is 9.88 Å². The van der Waals surface area contributed by atoms with Gasteiger partial charge in [-0.1, -0.05) is 65.7 Å². The average molecular weight is 489 g/mol. The summed E-state index contributed by atoms with van der Waals surface area (Å²) in [5.74, 6) is 0.0439. The Balaban J connectivity index is 1.63. The molecule has 3 aromatic carbocycles. The standard InChI is InChI=1S/C27H18Cl2N2OS/c28-16-11-12-20(22(29)14-16)25-24(21-9-3-4-10-23(21)30-25)26-18-7-1-2-8-19(18)27(32)31(26)15-17-6-5-13-33-17/h1-14,26,30H,15H2/t26-/m0/s1. The van der Waals surface area contributed by atoms with Crippen LogP contribution in [0.4, 0.5) is 0 Å². The van der Waals surface area contributed by atoms with Crippen LogP contribution < -0.4 is 0 Å². The zero-order valence-corrected chi connectivity index (χ0v) is 19.7. The molecule has 1 atom stereocenters. The number of rotatable bonds is 4. The Bertz CT molecular complexity index is 1510. The second kappa shape index (κ2) is 8.07. The van der Waals surface area contributed by atoms with Crippen LogP contribution in [0.5, 0.6) is 0 Å². The van der Waals surface area contributed by atoms with Crippen molar-refractivity contribution in [3.05, 3.63) is 116 Å². The monoisotopic (exact) mass is 488 g/mol. The predicted molar refractivity (Wildman–Crippen MR) is 136 cm³/mol. The van der Waals surface area contributed by atoms with E-state index in [1.165, 1.54) is 0 Å². The first kappa shape index (κ1) is 20.5. The summed E-state index contributed by atoms with van der Waals surface area (Å²) in [6.45, 7) is 0.545. The van der Waals surface area contributed by atoms with Gasteiger partial charge in [-0.15, -0.1) is 11.3 Å². The highest BCUT2D eigenvalue weighted by Gasteiger charge is 2.40. The van der Waals surface area contributed by atoms with Crippen LogP contribution in [0.15, 0.2) is 84.2 Å². The van der Waals surface area contributed by atoms with E-state index in [-0.39, 0.29) is 11.9 Å². The van der Waals surface area contributed by atoms with Crippen LogP contribution >= 0.6 is 34.5 Å². The minimum atomic E-state index is -0.242. The Morgan fingerprint density at radius 2 is 1.73 bits per heavy atom. The van der Waals surface area contributed by atoms with Gasteiger partial charge in [-0.05, 0) is 47.3 Å². The molecule has 2 aromatic heterocycles. The third-order valence-electron chi connectivity index (χ3n) is 6.18. The number of halogens is 2. The van der Waals surface area contributed by atoms with Crippen LogP contribution in [-0.2, 0) is 6.54 Å². The van der Waals surface area contributed by atoms with Crippen LogP contribution in [0.25, 0.3) is 22.2 Å².